The van der Waals surface area contributed by atoms with Gasteiger partial charge in [-0.1, -0.05) is 23.7 Å². The Morgan fingerprint density at radius 1 is 1.42 bits per heavy atom. The fourth-order valence-electron chi connectivity index (χ4n) is 2.56. The Bertz CT molecular complexity index is 432. The van der Waals surface area contributed by atoms with Gasteiger partial charge in [-0.3, -0.25) is 9.69 Å². The lowest BCUT2D eigenvalue weighted by molar-refractivity contribution is -0.120. The Balaban J connectivity index is 2.06. The molecule has 1 saturated heterocycles. The number of rotatable bonds is 5. The molecule has 5 heteroatoms. The van der Waals surface area contributed by atoms with Gasteiger partial charge < -0.3 is 11.1 Å². The van der Waals surface area contributed by atoms with Crippen LogP contribution in [0.15, 0.2) is 24.3 Å². The first-order chi connectivity index (χ1) is 9.15. The first-order valence-corrected chi connectivity index (χ1v) is 7.00. The number of halogens is 1. The highest BCUT2D eigenvalue weighted by atomic mass is 35.5. The number of nitrogens with zero attached hydrogens (tertiary/aromatic N) is 1. The summed E-state index contributed by atoms with van der Waals surface area (Å²) in [6, 6.07) is 8.17. The van der Waals surface area contributed by atoms with E-state index in [4.69, 9.17) is 17.3 Å². The average Bonchev–Trinajstić information content (AvgIpc) is 2.38. The van der Waals surface area contributed by atoms with E-state index in [2.05, 4.69) is 10.2 Å². The van der Waals surface area contributed by atoms with Gasteiger partial charge >= 0.3 is 0 Å². The summed E-state index contributed by atoms with van der Waals surface area (Å²) in [6.45, 7) is 3.01. The fourth-order valence-corrected chi connectivity index (χ4v) is 2.77. The minimum absolute atomic E-state index is 0.277. The molecule has 1 fully saturated rings. The molecule has 1 aliphatic rings. The molecule has 1 heterocycles. The Hall–Kier alpha value is -1.10. The zero-order valence-electron chi connectivity index (χ0n) is 10.9. The molecule has 3 N–H and O–H groups in total. The molecule has 0 spiro atoms. The molecule has 1 aromatic rings. The minimum Gasteiger partial charge on any atom is -0.369 e. The number of carbonyl (C=O) groups is 1. The van der Waals surface area contributed by atoms with Gasteiger partial charge in [0.25, 0.3) is 0 Å². The lowest BCUT2D eigenvalue weighted by Gasteiger charge is -2.33. The van der Waals surface area contributed by atoms with Crippen molar-refractivity contribution in [2.45, 2.75) is 25.4 Å². The van der Waals surface area contributed by atoms with Gasteiger partial charge in [-0.15, -0.1) is 0 Å². The van der Waals surface area contributed by atoms with Crippen LogP contribution in [0.4, 0.5) is 0 Å². The molecule has 4 nitrogen and oxygen atoms in total. The summed E-state index contributed by atoms with van der Waals surface area (Å²) in [6.07, 6.45) is 2.10. The molecular formula is C14H20ClN3O. The van der Waals surface area contributed by atoms with Crippen LogP contribution in [-0.4, -0.2) is 36.5 Å². The van der Waals surface area contributed by atoms with Crippen molar-refractivity contribution in [3.8, 4) is 0 Å². The maximum atomic E-state index is 11.2. The van der Waals surface area contributed by atoms with E-state index in [1.54, 1.807) is 0 Å². The molecule has 1 aliphatic heterocycles. The first kappa shape index (κ1) is 14.3. The van der Waals surface area contributed by atoms with Crippen LogP contribution in [0.25, 0.3) is 0 Å². The standard InChI is InChI=1S/C14H20ClN3O/c15-12-3-1-2-11(8-12)9-18(10-14(16)19)13-4-6-17-7-5-13/h1-3,8,13,17H,4-7,9-10H2,(H2,16,19). The van der Waals surface area contributed by atoms with Crippen LogP contribution in [0.3, 0.4) is 0 Å². The van der Waals surface area contributed by atoms with Crippen LogP contribution in [0, 0.1) is 0 Å². The molecule has 0 atom stereocenters. The van der Waals surface area contributed by atoms with Crippen LogP contribution in [0.2, 0.25) is 5.02 Å². The SMILES string of the molecule is NC(=O)CN(Cc1cccc(Cl)c1)C1CCNCC1. The number of nitrogens with one attached hydrogen (secondary N) is 1. The number of nitrogens with two attached hydrogens (primary N) is 1. The summed E-state index contributed by atoms with van der Waals surface area (Å²) in [4.78, 5) is 13.4. The normalized spacial score (nSPS) is 16.7. The number of carbonyl (C=O) groups excluding carboxylic acids is 1. The van der Waals surface area contributed by atoms with E-state index in [1.807, 2.05) is 24.3 Å². The van der Waals surface area contributed by atoms with Crippen molar-refractivity contribution in [2.75, 3.05) is 19.6 Å². The summed E-state index contributed by atoms with van der Waals surface area (Å²) >= 11 is 6.00. The number of hydrogen-bond acceptors (Lipinski definition) is 3. The van der Waals surface area contributed by atoms with E-state index in [0.29, 0.717) is 19.1 Å². The number of primary amides is 1. The zero-order valence-corrected chi connectivity index (χ0v) is 11.7. The quantitative estimate of drug-likeness (QED) is 0.857. The minimum atomic E-state index is -0.277. The maximum Gasteiger partial charge on any atom is 0.231 e. The monoisotopic (exact) mass is 281 g/mol. The second-order valence-corrected chi connectivity index (χ2v) is 5.42. The average molecular weight is 282 g/mol. The third-order valence-corrected chi connectivity index (χ3v) is 3.69. The largest absolute Gasteiger partial charge is 0.369 e. The van der Waals surface area contributed by atoms with E-state index in [1.165, 1.54) is 0 Å². The summed E-state index contributed by atoms with van der Waals surface area (Å²) in [7, 11) is 0. The van der Waals surface area contributed by atoms with Gasteiger partial charge in [-0.05, 0) is 43.6 Å². The molecule has 2 rings (SSSR count). The van der Waals surface area contributed by atoms with E-state index < -0.39 is 0 Å². The maximum absolute atomic E-state index is 11.2. The van der Waals surface area contributed by atoms with Crippen LogP contribution < -0.4 is 11.1 Å². The van der Waals surface area contributed by atoms with Gasteiger partial charge in [0.2, 0.25) is 5.91 Å². The smallest absolute Gasteiger partial charge is 0.231 e. The topological polar surface area (TPSA) is 58.4 Å². The molecule has 104 valence electrons. The Kier molecular flexibility index (Phi) is 5.19. The summed E-state index contributed by atoms with van der Waals surface area (Å²) in [5.41, 5.74) is 6.48. The van der Waals surface area contributed by atoms with Crippen molar-refractivity contribution in [2.24, 2.45) is 5.73 Å². The highest BCUT2D eigenvalue weighted by molar-refractivity contribution is 6.30. The summed E-state index contributed by atoms with van der Waals surface area (Å²) < 4.78 is 0. The first-order valence-electron chi connectivity index (χ1n) is 6.62. The van der Waals surface area contributed by atoms with Gasteiger partial charge in [0.15, 0.2) is 0 Å². The molecule has 0 aliphatic carbocycles. The predicted molar refractivity (Wildman–Crippen MR) is 76.9 cm³/mol. The second-order valence-electron chi connectivity index (χ2n) is 4.98. The Morgan fingerprint density at radius 2 is 2.16 bits per heavy atom. The van der Waals surface area contributed by atoms with Crippen molar-refractivity contribution in [3.63, 3.8) is 0 Å². The van der Waals surface area contributed by atoms with Gasteiger partial charge in [-0.25, -0.2) is 0 Å². The molecular weight excluding hydrogens is 262 g/mol. The molecule has 0 bridgehead atoms. The highest BCUT2D eigenvalue weighted by Crippen LogP contribution is 2.17. The molecule has 19 heavy (non-hydrogen) atoms. The summed E-state index contributed by atoms with van der Waals surface area (Å²) in [5, 5.41) is 4.06. The molecule has 0 aromatic heterocycles. The summed E-state index contributed by atoms with van der Waals surface area (Å²) in [5.74, 6) is -0.277. The fraction of sp³-hybridized carbons (Fsp3) is 0.500. The van der Waals surface area contributed by atoms with Crippen molar-refractivity contribution in [1.82, 2.24) is 10.2 Å². The molecule has 1 amide bonds. The van der Waals surface area contributed by atoms with Gasteiger partial charge in [0.05, 0.1) is 6.54 Å². The van der Waals surface area contributed by atoms with Crippen molar-refractivity contribution in [1.29, 1.82) is 0 Å². The van der Waals surface area contributed by atoms with Gasteiger partial charge in [0, 0.05) is 17.6 Å². The van der Waals surface area contributed by atoms with Gasteiger partial charge in [0.1, 0.15) is 0 Å². The van der Waals surface area contributed by atoms with E-state index >= 15 is 0 Å². The van der Waals surface area contributed by atoms with E-state index in [-0.39, 0.29) is 5.91 Å². The molecule has 0 unspecified atom stereocenters. The molecule has 0 radical (unpaired) electrons. The number of benzene rings is 1. The third-order valence-electron chi connectivity index (χ3n) is 3.46. The number of hydrogen-bond donors (Lipinski definition) is 2. The third kappa shape index (κ3) is 4.49. The van der Waals surface area contributed by atoms with Crippen LogP contribution >= 0.6 is 11.6 Å². The van der Waals surface area contributed by atoms with Crippen LogP contribution in [0.5, 0.6) is 0 Å². The zero-order chi connectivity index (χ0) is 13.7. The predicted octanol–water partition coefficient (Wildman–Crippen LogP) is 1.38. The van der Waals surface area contributed by atoms with Crippen LogP contribution in [0.1, 0.15) is 18.4 Å². The van der Waals surface area contributed by atoms with Crippen LogP contribution in [-0.2, 0) is 11.3 Å². The van der Waals surface area contributed by atoms with Crippen molar-refractivity contribution < 1.29 is 4.79 Å². The van der Waals surface area contributed by atoms with Crippen molar-refractivity contribution >= 4 is 17.5 Å². The van der Waals surface area contributed by atoms with Gasteiger partial charge in [-0.2, -0.15) is 0 Å². The highest BCUT2D eigenvalue weighted by Gasteiger charge is 2.22. The molecule has 1 aromatic carbocycles. The van der Waals surface area contributed by atoms with Crippen molar-refractivity contribution in [3.05, 3.63) is 34.9 Å². The Morgan fingerprint density at radius 3 is 2.79 bits per heavy atom. The number of piperidine rings is 1. The Labute approximate surface area is 118 Å². The lowest BCUT2D eigenvalue weighted by atomic mass is 10.0. The lowest BCUT2D eigenvalue weighted by Crippen LogP contribution is -2.46. The second kappa shape index (κ2) is 6.89. The van der Waals surface area contributed by atoms with E-state index in [0.717, 1.165) is 36.5 Å². The number of amides is 1. The van der Waals surface area contributed by atoms with E-state index in [9.17, 15) is 4.79 Å². The molecule has 0 saturated carbocycles.